The van der Waals surface area contributed by atoms with Crippen molar-refractivity contribution in [2.45, 2.75) is 19.8 Å². The fourth-order valence-electron chi connectivity index (χ4n) is 2.29. The van der Waals surface area contributed by atoms with Crippen LogP contribution >= 0.6 is 0 Å². The summed E-state index contributed by atoms with van der Waals surface area (Å²) < 4.78 is 0. The summed E-state index contributed by atoms with van der Waals surface area (Å²) in [6.45, 7) is 6.61. The molecule has 0 aliphatic carbocycles. The van der Waals surface area contributed by atoms with E-state index in [1.807, 2.05) is 0 Å². The van der Waals surface area contributed by atoms with Gasteiger partial charge in [-0.05, 0) is 31.8 Å². The minimum atomic E-state index is 0.505. The fraction of sp³-hybridized carbons (Fsp3) is 0.615. The maximum absolute atomic E-state index is 8.94. The summed E-state index contributed by atoms with van der Waals surface area (Å²) in [7, 11) is 0. The first-order valence-corrected chi connectivity index (χ1v) is 6.46. The fourth-order valence-corrected chi connectivity index (χ4v) is 2.29. The number of nitrogens with zero attached hydrogens (tertiary/aromatic N) is 4. The molecular weight excluding hydrogens is 226 g/mol. The largest absolute Gasteiger partial charge is 0.369 e. The third kappa shape index (κ3) is 3.41. The van der Waals surface area contributed by atoms with E-state index in [-0.39, 0.29) is 0 Å². The second-order valence-electron chi connectivity index (χ2n) is 4.89. The van der Waals surface area contributed by atoms with Crippen LogP contribution in [0.2, 0.25) is 0 Å². The molecule has 18 heavy (non-hydrogen) atoms. The Morgan fingerprint density at radius 3 is 3.00 bits per heavy atom. The molecule has 5 heteroatoms. The highest BCUT2D eigenvalue weighted by Crippen LogP contribution is 2.12. The minimum Gasteiger partial charge on any atom is -0.369 e. The predicted octanol–water partition coefficient (Wildman–Crippen LogP) is 1.49. The molecule has 0 saturated carbocycles. The number of hydrogen-bond acceptors (Lipinski definition) is 5. The molecule has 1 aliphatic heterocycles. The summed E-state index contributed by atoms with van der Waals surface area (Å²) in [4.78, 5) is 10.4. The lowest BCUT2D eigenvalue weighted by atomic mass is 10.1. The lowest BCUT2D eigenvalue weighted by Gasteiger charge is -2.20. The van der Waals surface area contributed by atoms with Gasteiger partial charge in [0.25, 0.3) is 0 Å². The van der Waals surface area contributed by atoms with E-state index in [0.717, 1.165) is 13.1 Å². The van der Waals surface area contributed by atoms with Crippen molar-refractivity contribution in [3.05, 3.63) is 18.1 Å². The van der Waals surface area contributed by atoms with Gasteiger partial charge < -0.3 is 10.2 Å². The van der Waals surface area contributed by atoms with Gasteiger partial charge in [-0.15, -0.1) is 0 Å². The summed E-state index contributed by atoms with van der Waals surface area (Å²) in [6, 6.07) is 2.09. The van der Waals surface area contributed by atoms with E-state index < -0.39 is 0 Å². The highest BCUT2D eigenvalue weighted by molar-refractivity contribution is 5.49. The highest BCUT2D eigenvalue weighted by Gasteiger charge is 2.14. The zero-order chi connectivity index (χ0) is 12.8. The van der Waals surface area contributed by atoms with Crippen molar-refractivity contribution in [2.24, 2.45) is 5.92 Å². The lowest BCUT2D eigenvalue weighted by molar-refractivity contribution is 0.294. The minimum absolute atomic E-state index is 0.505. The van der Waals surface area contributed by atoms with Crippen LogP contribution in [0.1, 0.15) is 25.3 Å². The summed E-state index contributed by atoms with van der Waals surface area (Å²) in [6.07, 6.45) is 5.66. The first kappa shape index (κ1) is 12.8. The van der Waals surface area contributed by atoms with Gasteiger partial charge in [-0.25, -0.2) is 9.97 Å². The smallest absolute Gasteiger partial charge is 0.147 e. The average molecular weight is 245 g/mol. The molecule has 0 radical (unpaired) electrons. The molecule has 2 rings (SSSR count). The molecule has 0 spiro atoms. The van der Waals surface area contributed by atoms with Crippen LogP contribution in [-0.2, 0) is 0 Å². The van der Waals surface area contributed by atoms with Crippen molar-refractivity contribution in [2.75, 3.05) is 31.5 Å². The lowest BCUT2D eigenvalue weighted by Crippen LogP contribution is -2.29. The van der Waals surface area contributed by atoms with Gasteiger partial charge in [-0.2, -0.15) is 5.26 Å². The van der Waals surface area contributed by atoms with Crippen LogP contribution < -0.4 is 5.32 Å². The van der Waals surface area contributed by atoms with Crippen LogP contribution in [0.3, 0.4) is 0 Å². The van der Waals surface area contributed by atoms with Gasteiger partial charge in [-0.1, -0.05) is 6.92 Å². The monoisotopic (exact) mass is 245 g/mol. The molecule has 1 atom stereocenters. The van der Waals surface area contributed by atoms with Gasteiger partial charge in [0.1, 0.15) is 23.8 Å². The third-order valence-electron chi connectivity index (χ3n) is 3.22. The Hall–Kier alpha value is -1.67. The molecule has 1 N–H and O–H groups in total. The molecule has 1 saturated heterocycles. The second kappa shape index (κ2) is 6.31. The van der Waals surface area contributed by atoms with Gasteiger partial charge in [0.2, 0.25) is 0 Å². The Bertz CT molecular complexity index is 420. The Kier molecular flexibility index (Phi) is 4.48. The Morgan fingerprint density at radius 1 is 1.50 bits per heavy atom. The zero-order valence-electron chi connectivity index (χ0n) is 10.8. The maximum Gasteiger partial charge on any atom is 0.147 e. The SMILES string of the molecule is CC(CNc1ncncc1C#N)CN1CCCC1. The van der Waals surface area contributed by atoms with Crippen LogP contribution in [0.5, 0.6) is 0 Å². The standard InChI is InChI=1S/C13H19N5/c1-11(9-18-4-2-3-5-18)7-16-13-12(6-14)8-15-10-17-13/h8,10-11H,2-5,7,9H2,1H3,(H,15,16,17). The van der Waals surface area contributed by atoms with Crippen molar-refractivity contribution in [3.63, 3.8) is 0 Å². The second-order valence-corrected chi connectivity index (χ2v) is 4.89. The number of aromatic nitrogens is 2. The number of anilines is 1. The van der Waals surface area contributed by atoms with Crippen LogP contribution in [0.4, 0.5) is 5.82 Å². The van der Waals surface area contributed by atoms with E-state index in [2.05, 4.69) is 33.2 Å². The van der Waals surface area contributed by atoms with Gasteiger partial charge in [0.05, 0.1) is 6.20 Å². The van der Waals surface area contributed by atoms with E-state index in [1.165, 1.54) is 32.3 Å². The highest BCUT2D eigenvalue weighted by atomic mass is 15.1. The first-order valence-electron chi connectivity index (χ1n) is 6.46. The van der Waals surface area contributed by atoms with Crippen LogP contribution in [-0.4, -0.2) is 41.0 Å². The van der Waals surface area contributed by atoms with Crippen molar-refractivity contribution < 1.29 is 0 Å². The van der Waals surface area contributed by atoms with E-state index in [1.54, 1.807) is 6.20 Å². The molecule has 1 unspecified atom stereocenters. The number of nitriles is 1. The number of rotatable bonds is 5. The quantitative estimate of drug-likeness (QED) is 0.851. The molecule has 0 aromatic carbocycles. The van der Waals surface area contributed by atoms with Crippen LogP contribution in [0.25, 0.3) is 0 Å². The molecular formula is C13H19N5. The van der Waals surface area contributed by atoms with E-state index in [9.17, 15) is 0 Å². The Balaban J connectivity index is 1.81. The van der Waals surface area contributed by atoms with Gasteiger partial charge in [-0.3, -0.25) is 0 Å². The van der Waals surface area contributed by atoms with E-state index in [0.29, 0.717) is 17.3 Å². The molecule has 1 fully saturated rings. The topological polar surface area (TPSA) is 64.8 Å². The number of nitrogens with one attached hydrogen (secondary N) is 1. The summed E-state index contributed by atoms with van der Waals surface area (Å²) in [5, 5.41) is 12.2. The molecule has 5 nitrogen and oxygen atoms in total. The molecule has 1 aromatic heterocycles. The van der Waals surface area contributed by atoms with Crippen molar-refractivity contribution >= 4 is 5.82 Å². The zero-order valence-corrected chi connectivity index (χ0v) is 10.8. The van der Waals surface area contributed by atoms with Crippen molar-refractivity contribution in [3.8, 4) is 6.07 Å². The third-order valence-corrected chi connectivity index (χ3v) is 3.22. The van der Waals surface area contributed by atoms with E-state index in [4.69, 9.17) is 5.26 Å². The molecule has 2 heterocycles. The van der Waals surface area contributed by atoms with Gasteiger partial charge in [0.15, 0.2) is 0 Å². The van der Waals surface area contributed by atoms with Gasteiger partial charge in [0, 0.05) is 13.1 Å². The normalized spacial score (nSPS) is 17.3. The predicted molar refractivity (Wildman–Crippen MR) is 70.1 cm³/mol. The number of likely N-dealkylation sites (tertiary alicyclic amines) is 1. The number of hydrogen-bond donors (Lipinski definition) is 1. The maximum atomic E-state index is 8.94. The van der Waals surface area contributed by atoms with E-state index >= 15 is 0 Å². The average Bonchev–Trinajstić information content (AvgIpc) is 2.89. The molecule has 1 aliphatic rings. The Morgan fingerprint density at radius 2 is 2.28 bits per heavy atom. The van der Waals surface area contributed by atoms with Crippen molar-refractivity contribution in [1.82, 2.24) is 14.9 Å². The summed E-state index contributed by atoms with van der Waals surface area (Å²) in [5.74, 6) is 1.19. The first-order chi connectivity index (χ1) is 8.79. The summed E-state index contributed by atoms with van der Waals surface area (Å²) in [5.41, 5.74) is 0.505. The molecule has 0 bridgehead atoms. The van der Waals surface area contributed by atoms with Crippen molar-refractivity contribution in [1.29, 1.82) is 5.26 Å². The van der Waals surface area contributed by atoms with Crippen LogP contribution in [0.15, 0.2) is 12.5 Å². The molecule has 1 aromatic rings. The summed E-state index contributed by atoms with van der Waals surface area (Å²) >= 11 is 0. The molecule has 0 amide bonds. The van der Waals surface area contributed by atoms with Crippen LogP contribution in [0, 0.1) is 17.2 Å². The Labute approximate surface area is 108 Å². The molecule has 96 valence electrons. The van der Waals surface area contributed by atoms with Gasteiger partial charge >= 0.3 is 0 Å².